The minimum absolute atomic E-state index is 0.0914. The van der Waals surface area contributed by atoms with Crippen LogP contribution in [0.3, 0.4) is 0 Å². The SMILES string of the molecule is CC(c1ccccc1)N(C)C(=O)C1CC(=O)N(c2ccccc2F)C1. The average molecular weight is 340 g/mol. The minimum atomic E-state index is -0.455. The molecule has 0 bridgehead atoms. The minimum Gasteiger partial charge on any atom is -0.339 e. The van der Waals surface area contributed by atoms with Gasteiger partial charge in [0.1, 0.15) is 5.82 Å². The summed E-state index contributed by atoms with van der Waals surface area (Å²) in [4.78, 5) is 28.2. The van der Waals surface area contributed by atoms with E-state index in [0.717, 1.165) is 5.56 Å². The summed E-state index contributed by atoms with van der Waals surface area (Å²) >= 11 is 0. The number of carbonyl (C=O) groups is 2. The summed E-state index contributed by atoms with van der Waals surface area (Å²) in [5, 5.41) is 0. The molecule has 3 rings (SSSR count). The lowest BCUT2D eigenvalue weighted by Crippen LogP contribution is -2.36. The first kappa shape index (κ1) is 17.1. The number of rotatable bonds is 4. The van der Waals surface area contributed by atoms with Crippen molar-refractivity contribution >= 4 is 17.5 Å². The summed E-state index contributed by atoms with van der Waals surface area (Å²) in [6, 6.07) is 15.8. The Morgan fingerprint density at radius 3 is 2.48 bits per heavy atom. The number of carbonyl (C=O) groups excluding carboxylic acids is 2. The van der Waals surface area contributed by atoms with Gasteiger partial charge in [-0.25, -0.2) is 4.39 Å². The summed E-state index contributed by atoms with van der Waals surface area (Å²) in [6.07, 6.45) is 0.110. The fourth-order valence-corrected chi connectivity index (χ4v) is 3.21. The van der Waals surface area contributed by atoms with Gasteiger partial charge in [-0.15, -0.1) is 0 Å². The fraction of sp³-hybridized carbons (Fsp3) is 0.300. The van der Waals surface area contributed by atoms with Crippen molar-refractivity contribution in [1.29, 1.82) is 0 Å². The Morgan fingerprint density at radius 1 is 1.16 bits per heavy atom. The molecule has 0 aliphatic carbocycles. The van der Waals surface area contributed by atoms with Crippen LogP contribution in [0, 0.1) is 11.7 Å². The number of anilines is 1. The topological polar surface area (TPSA) is 40.6 Å². The summed E-state index contributed by atoms with van der Waals surface area (Å²) in [6.45, 7) is 2.17. The molecule has 1 fully saturated rings. The molecule has 130 valence electrons. The lowest BCUT2D eigenvalue weighted by molar-refractivity contribution is -0.136. The fourth-order valence-electron chi connectivity index (χ4n) is 3.21. The van der Waals surface area contributed by atoms with Crippen LogP contribution in [-0.4, -0.2) is 30.3 Å². The van der Waals surface area contributed by atoms with E-state index in [1.165, 1.54) is 11.0 Å². The Labute approximate surface area is 146 Å². The number of amides is 2. The zero-order valence-electron chi connectivity index (χ0n) is 14.4. The van der Waals surface area contributed by atoms with Crippen molar-refractivity contribution in [3.8, 4) is 0 Å². The van der Waals surface area contributed by atoms with Crippen molar-refractivity contribution in [2.75, 3.05) is 18.5 Å². The first-order valence-electron chi connectivity index (χ1n) is 8.35. The summed E-state index contributed by atoms with van der Waals surface area (Å²) in [5.41, 5.74) is 1.27. The molecule has 0 radical (unpaired) electrons. The third-order valence-electron chi connectivity index (χ3n) is 4.83. The van der Waals surface area contributed by atoms with Gasteiger partial charge in [0.15, 0.2) is 0 Å². The predicted octanol–water partition coefficient (Wildman–Crippen LogP) is 3.40. The Kier molecular flexibility index (Phi) is 4.83. The van der Waals surface area contributed by atoms with Gasteiger partial charge in [0.05, 0.1) is 17.6 Å². The number of para-hydroxylation sites is 1. The smallest absolute Gasteiger partial charge is 0.228 e. The zero-order valence-corrected chi connectivity index (χ0v) is 14.4. The molecule has 1 saturated heterocycles. The molecular weight excluding hydrogens is 319 g/mol. The molecule has 1 aliphatic rings. The van der Waals surface area contributed by atoms with E-state index in [1.807, 2.05) is 37.3 Å². The third kappa shape index (κ3) is 3.40. The van der Waals surface area contributed by atoms with E-state index in [2.05, 4.69) is 0 Å². The zero-order chi connectivity index (χ0) is 18.0. The van der Waals surface area contributed by atoms with Crippen LogP contribution < -0.4 is 4.90 Å². The van der Waals surface area contributed by atoms with Gasteiger partial charge < -0.3 is 9.80 Å². The molecule has 1 aliphatic heterocycles. The number of hydrogen-bond donors (Lipinski definition) is 0. The second kappa shape index (κ2) is 7.05. The van der Waals surface area contributed by atoms with Crippen molar-refractivity contribution in [1.82, 2.24) is 4.90 Å². The van der Waals surface area contributed by atoms with Gasteiger partial charge in [-0.2, -0.15) is 0 Å². The highest BCUT2D eigenvalue weighted by molar-refractivity contribution is 6.00. The molecule has 5 heteroatoms. The van der Waals surface area contributed by atoms with Gasteiger partial charge >= 0.3 is 0 Å². The van der Waals surface area contributed by atoms with Crippen LogP contribution in [0.2, 0.25) is 0 Å². The van der Waals surface area contributed by atoms with Crippen LogP contribution in [0.1, 0.15) is 24.9 Å². The lowest BCUT2D eigenvalue weighted by Gasteiger charge is -2.28. The van der Waals surface area contributed by atoms with E-state index < -0.39 is 11.7 Å². The first-order chi connectivity index (χ1) is 12.0. The summed E-state index contributed by atoms with van der Waals surface area (Å²) in [7, 11) is 1.75. The van der Waals surface area contributed by atoms with E-state index in [-0.39, 0.29) is 36.5 Å². The number of halogens is 1. The largest absolute Gasteiger partial charge is 0.339 e. The normalized spacial score (nSPS) is 18.3. The van der Waals surface area contributed by atoms with E-state index in [0.29, 0.717) is 0 Å². The van der Waals surface area contributed by atoms with Crippen molar-refractivity contribution < 1.29 is 14.0 Å². The van der Waals surface area contributed by atoms with E-state index in [9.17, 15) is 14.0 Å². The molecule has 4 nitrogen and oxygen atoms in total. The van der Waals surface area contributed by atoms with Crippen molar-refractivity contribution in [3.05, 3.63) is 66.0 Å². The maximum absolute atomic E-state index is 14.0. The third-order valence-corrected chi connectivity index (χ3v) is 4.83. The van der Waals surface area contributed by atoms with Crippen molar-refractivity contribution in [2.24, 2.45) is 5.92 Å². The molecule has 25 heavy (non-hydrogen) atoms. The van der Waals surface area contributed by atoms with Gasteiger partial charge in [-0.05, 0) is 24.6 Å². The second-order valence-electron chi connectivity index (χ2n) is 6.39. The average Bonchev–Trinajstić information content (AvgIpc) is 3.02. The monoisotopic (exact) mass is 340 g/mol. The lowest BCUT2D eigenvalue weighted by atomic mass is 10.0. The van der Waals surface area contributed by atoms with Crippen molar-refractivity contribution in [2.45, 2.75) is 19.4 Å². The Bertz CT molecular complexity index is 778. The number of hydrogen-bond acceptors (Lipinski definition) is 2. The molecule has 2 aromatic carbocycles. The number of benzene rings is 2. The molecule has 2 atom stereocenters. The van der Waals surface area contributed by atoms with E-state index >= 15 is 0 Å². The standard InChI is InChI=1S/C20H21FN2O2/c1-14(15-8-4-3-5-9-15)22(2)20(25)16-12-19(24)23(13-16)18-11-7-6-10-17(18)21/h3-11,14,16H,12-13H2,1-2H3. The first-order valence-corrected chi connectivity index (χ1v) is 8.35. The van der Waals surface area contributed by atoms with Gasteiger partial charge in [0.25, 0.3) is 0 Å². The molecule has 0 aromatic heterocycles. The Balaban J connectivity index is 1.73. The van der Waals surface area contributed by atoms with Crippen LogP contribution in [0.4, 0.5) is 10.1 Å². The van der Waals surface area contributed by atoms with Crippen LogP contribution in [0.5, 0.6) is 0 Å². The van der Waals surface area contributed by atoms with E-state index in [1.54, 1.807) is 30.1 Å². The second-order valence-corrected chi connectivity index (χ2v) is 6.39. The quantitative estimate of drug-likeness (QED) is 0.856. The molecular formula is C20H21FN2O2. The van der Waals surface area contributed by atoms with Crippen LogP contribution >= 0.6 is 0 Å². The molecule has 2 aromatic rings. The van der Waals surface area contributed by atoms with Crippen LogP contribution in [0.15, 0.2) is 54.6 Å². The van der Waals surface area contributed by atoms with Crippen LogP contribution in [-0.2, 0) is 9.59 Å². The maximum Gasteiger partial charge on any atom is 0.228 e. The summed E-state index contributed by atoms with van der Waals surface area (Å²) < 4.78 is 14.0. The molecule has 0 spiro atoms. The molecule has 2 unspecified atom stereocenters. The van der Waals surface area contributed by atoms with Gasteiger partial charge in [0.2, 0.25) is 11.8 Å². The van der Waals surface area contributed by atoms with Crippen LogP contribution in [0.25, 0.3) is 0 Å². The highest BCUT2D eigenvalue weighted by Gasteiger charge is 2.38. The number of nitrogens with zero attached hydrogens (tertiary/aromatic N) is 2. The van der Waals surface area contributed by atoms with E-state index in [4.69, 9.17) is 0 Å². The maximum atomic E-state index is 14.0. The Hall–Kier alpha value is -2.69. The van der Waals surface area contributed by atoms with Gasteiger partial charge in [0, 0.05) is 20.0 Å². The highest BCUT2D eigenvalue weighted by Crippen LogP contribution is 2.29. The van der Waals surface area contributed by atoms with Gasteiger partial charge in [-0.1, -0.05) is 42.5 Å². The Morgan fingerprint density at radius 2 is 1.80 bits per heavy atom. The molecule has 0 N–H and O–H groups in total. The van der Waals surface area contributed by atoms with Crippen molar-refractivity contribution in [3.63, 3.8) is 0 Å². The van der Waals surface area contributed by atoms with Gasteiger partial charge in [-0.3, -0.25) is 9.59 Å². The highest BCUT2D eigenvalue weighted by atomic mass is 19.1. The molecule has 2 amide bonds. The molecule has 0 saturated carbocycles. The molecule has 1 heterocycles. The summed E-state index contributed by atoms with van der Waals surface area (Å²) in [5.74, 6) is -1.22. The predicted molar refractivity (Wildman–Crippen MR) is 94.5 cm³/mol.